The van der Waals surface area contributed by atoms with E-state index in [9.17, 15) is 9.59 Å². The molecule has 0 aliphatic carbocycles. The van der Waals surface area contributed by atoms with E-state index < -0.39 is 17.4 Å². The smallest absolute Gasteiger partial charge is 0.329 e. The van der Waals surface area contributed by atoms with Crippen LogP contribution in [0.5, 0.6) is 0 Å². The number of hydrogen-bond acceptors (Lipinski definition) is 4. The van der Waals surface area contributed by atoms with Gasteiger partial charge in [-0.2, -0.15) is 0 Å². The van der Waals surface area contributed by atoms with Gasteiger partial charge in [-0.3, -0.25) is 4.79 Å². The van der Waals surface area contributed by atoms with Gasteiger partial charge in [0.1, 0.15) is 12.1 Å². The van der Waals surface area contributed by atoms with E-state index in [1.165, 1.54) is 6.92 Å². The predicted octanol–water partition coefficient (Wildman–Crippen LogP) is 0.942. The zero-order valence-corrected chi connectivity index (χ0v) is 11.6. The first-order valence-corrected chi connectivity index (χ1v) is 6.71. The second-order valence-electron chi connectivity index (χ2n) is 5.09. The van der Waals surface area contributed by atoms with Crippen molar-refractivity contribution < 1.29 is 24.2 Å². The largest absolute Gasteiger partial charge is 0.480 e. The molecule has 0 aromatic rings. The van der Waals surface area contributed by atoms with Crippen molar-refractivity contribution in [1.82, 2.24) is 5.32 Å². The minimum absolute atomic E-state index is 0.0642. The Labute approximate surface area is 113 Å². The summed E-state index contributed by atoms with van der Waals surface area (Å²) in [5.41, 5.74) is -1.22. The fourth-order valence-corrected chi connectivity index (χ4v) is 2.13. The molecule has 0 saturated carbocycles. The number of carboxylic acids is 1. The molecule has 1 saturated heterocycles. The summed E-state index contributed by atoms with van der Waals surface area (Å²) < 4.78 is 10.6. The number of ether oxygens (including phenoxy) is 2. The lowest BCUT2D eigenvalue weighted by Gasteiger charge is -2.25. The number of hydrogen-bond donors (Lipinski definition) is 2. The van der Waals surface area contributed by atoms with Crippen LogP contribution < -0.4 is 5.32 Å². The molecule has 1 rings (SSSR count). The highest BCUT2D eigenvalue weighted by molar-refractivity contribution is 5.87. The molecular weight excluding hydrogens is 250 g/mol. The molecule has 6 heteroatoms. The number of aliphatic carboxylic acids is 1. The topological polar surface area (TPSA) is 84.9 Å². The van der Waals surface area contributed by atoms with Gasteiger partial charge >= 0.3 is 5.97 Å². The number of carbonyl (C=O) groups excluding carboxylic acids is 1. The lowest BCUT2D eigenvalue weighted by molar-refractivity contribution is -0.148. The highest BCUT2D eigenvalue weighted by Gasteiger charge is 2.33. The van der Waals surface area contributed by atoms with Crippen LogP contribution in [0.4, 0.5) is 0 Å². The van der Waals surface area contributed by atoms with E-state index in [1.807, 2.05) is 6.92 Å². The molecule has 0 spiro atoms. The normalized spacial score (nSPS) is 21.9. The highest BCUT2D eigenvalue weighted by Crippen LogP contribution is 2.13. The first kappa shape index (κ1) is 15.9. The molecular formula is C13H23NO5. The molecule has 2 N–H and O–H groups in total. The van der Waals surface area contributed by atoms with Crippen LogP contribution in [0.1, 0.15) is 39.5 Å². The maximum atomic E-state index is 11.7. The van der Waals surface area contributed by atoms with Crippen LogP contribution in [-0.2, 0) is 19.1 Å². The number of rotatable bonds is 8. The molecule has 1 aliphatic heterocycles. The van der Waals surface area contributed by atoms with E-state index in [1.54, 1.807) is 0 Å². The van der Waals surface area contributed by atoms with Gasteiger partial charge < -0.3 is 19.9 Å². The molecule has 1 fully saturated rings. The Morgan fingerprint density at radius 1 is 1.53 bits per heavy atom. The van der Waals surface area contributed by atoms with E-state index in [0.717, 1.165) is 19.4 Å². The Balaban J connectivity index is 2.29. The third kappa shape index (κ3) is 5.16. The lowest BCUT2D eigenvalue weighted by Crippen LogP contribution is -2.53. The van der Waals surface area contributed by atoms with Crippen molar-refractivity contribution in [1.29, 1.82) is 0 Å². The standard InChI is InChI=1S/C13H23NO5/c1-3-6-13(2,12(16)17)14-11(15)9-18-8-10-5-4-7-19-10/h10H,3-9H2,1-2H3,(H,14,15)(H,16,17)/t10-,13-/m0/s1. The fraction of sp³-hybridized carbons (Fsp3) is 0.846. The van der Waals surface area contributed by atoms with Gasteiger partial charge in [0.15, 0.2) is 0 Å². The number of carboxylic acid groups (broad SMARTS) is 1. The molecule has 19 heavy (non-hydrogen) atoms. The van der Waals surface area contributed by atoms with E-state index >= 15 is 0 Å². The third-order valence-corrected chi connectivity index (χ3v) is 3.20. The zero-order valence-electron chi connectivity index (χ0n) is 11.6. The summed E-state index contributed by atoms with van der Waals surface area (Å²) in [5, 5.41) is 11.6. The Morgan fingerprint density at radius 2 is 2.26 bits per heavy atom. The first-order chi connectivity index (χ1) is 8.98. The molecule has 0 bridgehead atoms. The summed E-state index contributed by atoms with van der Waals surface area (Å²) in [6.45, 7) is 4.38. The Morgan fingerprint density at radius 3 is 2.79 bits per heavy atom. The van der Waals surface area contributed by atoms with Crippen LogP contribution in [0, 0.1) is 0 Å². The van der Waals surface area contributed by atoms with Gasteiger partial charge in [0, 0.05) is 6.61 Å². The molecule has 1 amide bonds. The van der Waals surface area contributed by atoms with Crippen LogP contribution in [-0.4, -0.2) is 48.4 Å². The van der Waals surface area contributed by atoms with Crippen LogP contribution in [0.25, 0.3) is 0 Å². The van der Waals surface area contributed by atoms with Crippen LogP contribution in [0.3, 0.4) is 0 Å². The quantitative estimate of drug-likeness (QED) is 0.687. The second kappa shape index (κ2) is 7.45. The monoisotopic (exact) mass is 273 g/mol. The van der Waals surface area contributed by atoms with Gasteiger partial charge in [0.2, 0.25) is 5.91 Å². The van der Waals surface area contributed by atoms with E-state index in [0.29, 0.717) is 19.4 Å². The van der Waals surface area contributed by atoms with E-state index in [2.05, 4.69) is 5.32 Å². The number of carbonyl (C=O) groups is 2. The molecule has 1 aliphatic rings. The molecule has 0 aromatic carbocycles. The molecule has 110 valence electrons. The second-order valence-corrected chi connectivity index (χ2v) is 5.09. The van der Waals surface area contributed by atoms with Crippen molar-refractivity contribution in [2.24, 2.45) is 0 Å². The van der Waals surface area contributed by atoms with Gasteiger partial charge in [-0.25, -0.2) is 4.79 Å². The average molecular weight is 273 g/mol. The summed E-state index contributed by atoms with van der Waals surface area (Å²) in [4.78, 5) is 22.8. The van der Waals surface area contributed by atoms with Crippen LogP contribution >= 0.6 is 0 Å². The Hall–Kier alpha value is -1.14. The molecule has 2 atom stereocenters. The molecule has 0 aromatic heterocycles. The van der Waals surface area contributed by atoms with Crippen LogP contribution in [0.15, 0.2) is 0 Å². The SMILES string of the molecule is CCC[C@](C)(NC(=O)COC[C@@H]1CCCO1)C(=O)O. The summed E-state index contributed by atoms with van der Waals surface area (Å²) in [6, 6.07) is 0. The van der Waals surface area contributed by atoms with Gasteiger partial charge in [0.05, 0.1) is 12.7 Å². The minimum Gasteiger partial charge on any atom is -0.480 e. The third-order valence-electron chi connectivity index (χ3n) is 3.20. The molecule has 1 heterocycles. The average Bonchev–Trinajstić information content (AvgIpc) is 2.82. The van der Waals surface area contributed by atoms with Crippen LogP contribution in [0.2, 0.25) is 0 Å². The maximum absolute atomic E-state index is 11.7. The van der Waals surface area contributed by atoms with E-state index in [-0.39, 0.29) is 12.7 Å². The van der Waals surface area contributed by atoms with Crippen molar-refractivity contribution in [2.75, 3.05) is 19.8 Å². The number of nitrogens with one attached hydrogen (secondary N) is 1. The van der Waals surface area contributed by atoms with Gasteiger partial charge in [0.25, 0.3) is 0 Å². The van der Waals surface area contributed by atoms with Gasteiger partial charge in [-0.05, 0) is 26.2 Å². The highest BCUT2D eigenvalue weighted by atomic mass is 16.5. The number of amides is 1. The molecule has 0 radical (unpaired) electrons. The Kier molecular flexibility index (Phi) is 6.24. The minimum atomic E-state index is -1.22. The summed E-state index contributed by atoms with van der Waals surface area (Å²) >= 11 is 0. The fourth-order valence-electron chi connectivity index (χ4n) is 2.13. The first-order valence-electron chi connectivity index (χ1n) is 6.71. The van der Waals surface area contributed by atoms with Crippen molar-refractivity contribution in [3.63, 3.8) is 0 Å². The molecule has 0 unspecified atom stereocenters. The summed E-state index contributed by atoms with van der Waals surface area (Å²) in [6.07, 6.45) is 3.10. The van der Waals surface area contributed by atoms with Crippen molar-refractivity contribution in [3.05, 3.63) is 0 Å². The van der Waals surface area contributed by atoms with Crippen molar-refractivity contribution >= 4 is 11.9 Å². The summed E-state index contributed by atoms with van der Waals surface area (Å²) in [7, 11) is 0. The lowest BCUT2D eigenvalue weighted by atomic mass is 9.96. The Bertz CT molecular complexity index is 314. The van der Waals surface area contributed by atoms with Gasteiger partial charge in [-0.1, -0.05) is 13.3 Å². The predicted molar refractivity (Wildman–Crippen MR) is 68.9 cm³/mol. The van der Waals surface area contributed by atoms with Crippen molar-refractivity contribution in [2.45, 2.75) is 51.2 Å². The maximum Gasteiger partial charge on any atom is 0.329 e. The zero-order chi connectivity index (χ0) is 14.3. The molecule has 6 nitrogen and oxygen atoms in total. The summed E-state index contributed by atoms with van der Waals surface area (Å²) in [5.74, 6) is -1.43. The van der Waals surface area contributed by atoms with Gasteiger partial charge in [-0.15, -0.1) is 0 Å². The van der Waals surface area contributed by atoms with Crippen molar-refractivity contribution in [3.8, 4) is 0 Å². The van der Waals surface area contributed by atoms with E-state index in [4.69, 9.17) is 14.6 Å².